The summed E-state index contributed by atoms with van der Waals surface area (Å²) in [4.78, 5) is 14.8. The van der Waals surface area contributed by atoms with E-state index in [2.05, 4.69) is 43.0 Å². The normalized spacial score (nSPS) is 25.0. The summed E-state index contributed by atoms with van der Waals surface area (Å²) in [6, 6.07) is 1.98. The summed E-state index contributed by atoms with van der Waals surface area (Å²) in [6.45, 7) is 12.6. The second-order valence-electron chi connectivity index (χ2n) is 6.82. The Bertz CT molecular complexity index is 472. The van der Waals surface area contributed by atoms with Gasteiger partial charge in [0.25, 0.3) is 0 Å². The molecule has 3 atom stereocenters. The van der Waals surface area contributed by atoms with Gasteiger partial charge in [0, 0.05) is 25.2 Å². The van der Waals surface area contributed by atoms with Crippen molar-refractivity contribution in [2.45, 2.75) is 53.1 Å². The van der Waals surface area contributed by atoms with Crippen LogP contribution in [0.2, 0.25) is 0 Å². The largest absolute Gasteiger partial charge is 0.310 e. The van der Waals surface area contributed by atoms with Crippen LogP contribution in [0.1, 0.15) is 47.1 Å². The molecule has 2 rings (SSSR count). The van der Waals surface area contributed by atoms with Crippen LogP contribution in [0.5, 0.6) is 0 Å². The zero-order valence-corrected chi connectivity index (χ0v) is 13.8. The molecule has 5 nitrogen and oxygen atoms in total. The second kappa shape index (κ2) is 6.60. The van der Waals surface area contributed by atoms with Crippen LogP contribution in [0.4, 0.5) is 5.82 Å². The number of hydrogen-bond acceptors (Lipinski definition) is 3. The van der Waals surface area contributed by atoms with Gasteiger partial charge in [0.05, 0.1) is 12.2 Å². The van der Waals surface area contributed by atoms with Gasteiger partial charge in [-0.3, -0.25) is 9.69 Å². The lowest BCUT2D eigenvalue weighted by Gasteiger charge is -2.38. The number of carbonyl (C=O) groups excluding carboxylic acids is 1. The summed E-state index contributed by atoms with van der Waals surface area (Å²) < 4.78 is 1.84. The first-order valence-corrected chi connectivity index (χ1v) is 7.97. The van der Waals surface area contributed by atoms with Gasteiger partial charge in [0.1, 0.15) is 5.82 Å². The highest BCUT2D eigenvalue weighted by Gasteiger charge is 2.29. The van der Waals surface area contributed by atoms with Crippen LogP contribution in [0.25, 0.3) is 0 Å². The molecule has 1 aromatic rings. The molecule has 118 valence electrons. The zero-order chi connectivity index (χ0) is 15.6. The minimum atomic E-state index is -0.106. The number of carbonyl (C=O) groups is 1. The molecule has 1 saturated heterocycles. The van der Waals surface area contributed by atoms with Crippen LogP contribution in [0.15, 0.2) is 12.3 Å². The van der Waals surface area contributed by atoms with Crippen LogP contribution in [-0.2, 0) is 4.79 Å². The van der Waals surface area contributed by atoms with Crippen molar-refractivity contribution in [3.05, 3.63) is 12.3 Å². The minimum Gasteiger partial charge on any atom is -0.310 e. The predicted molar refractivity (Wildman–Crippen MR) is 85.2 cm³/mol. The number of rotatable bonds is 4. The predicted octanol–water partition coefficient (Wildman–Crippen LogP) is 2.77. The average Bonchev–Trinajstić information content (AvgIpc) is 2.84. The molecular weight excluding hydrogens is 264 g/mol. The number of piperidine rings is 1. The third-order valence-electron chi connectivity index (χ3n) is 4.23. The first kappa shape index (κ1) is 16.0. The maximum absolute atomic E-state index is 12.5. The fraction of sp³-hybridized carbons (Fsp3) is 0.750. The molecule has 1 amide bonds. The molecule has 0 unspecified atom stereocenters. The summed E-state index contributed by atoms with van der Waals surface area (Å²) in [5, 5.41) is 7.27. The lowest BCUT2D eigenvalue weighted by molar-refractivity contribution is -0.121. The van der Waals surface area contributed by atoms with Crippen LogP contribution in [0.3, 0.4) is 0 Å². The molecule has 1 fully saturated rings. The highest BCUT2D eigenvalue weighted by Crippen LogP contribution is 2.23. The van der Waals surface area contributed by atoms with Gasteiger partial charge in [0.15, 0.2) is 0 Å². The first-order chi connectivity index (χ1) is 9.88. The van der Waals surface area contributed by atoms with Gasteiger partial charge >= 0.3 is 0 Å². The third-order valence-corrected chi connectivity index (χ3v) is 4.23. The van der Waals surface area contributed by atoms with E-state index >= 15 is 0 Å². The summed E-state index contributed by atoms with van der Waals surface area (Å²) >= 11 is 0. The van der Waals surface area contributed by atoms with Gasteiger partial charge in [-0.15, -0.1) is 0 Å². The Balaban J connectivity index is 2.00. The molecule has 0 bridgehead atoms. The highest BCUT2D eigenvalue weighted by atomic mass is 16.2. The molecule has 2 heterocycles. The monoisotopic (exact) mass is 292 g/mol. The fourth-order valence-electron chi connectivity index (χ4n) is 3.25. The molecule has 0 radical (unpaired) electrons. The van der Waals surface area contributed by atoms with E-state index in [-0.39, 0.29) is 18.0 Å². The first-order valence-electron chi connectivity index (χ1n) is 7.97. The quantitative estimate of drug-likeness (QED) is 0.928. The lowest BCUT2D eigenvalue weighted by atomic mass is 9.91. The smallest absolute Gasteiger partial charge is 0.242 e. The maximum atomic E-state index is 12.5. The SMILES string of the molecule is CC(C)n1nccc1NC(=O)[C@@H](C)N1C[C@H](C)C[C@@H](C)C1. The van der Waals surface area contributed by atoms with E-state index < -0.39 is 0 Å². The van der Waals surface area contributed by atoms with E-state index in [9.17, 15) is 4.79 Å². The van der Waals surface area contributed by atoms with Crippen LogP contribution in [-0.4, -0.2) is 39.7 Å². The van der Waals surface area contributed by atoms with E-state index in [1.165, 1.54) is 6.42 Å². The number of nitrogens with one attached hydrogen (secondary N) is 1. The number of likely N-dealkylation sites (tertiary alicyclic amines) is 1. The van der Waals surface area contributed by atoms with Crippen molar-refractivity contribution in [3.8, 4) is 0 Å². The van der Waals surface area contributed by atoms with Crippen molar-refractivity contribution in [2.75, 3.05) is 18.4 Å². The number of amides is 1. The number of anilines is 1. The molecule has 1 N–H and O–H groups in total. The van der Waals surface area contributed by atoms with E-state index in [0.717, 1.165) is 18.9 Å². The van der Waals surface area contributed by atoms with E-state index in [1.54, 1.807) is 6.20 Å². The Labute approximate surface area is 127 Å². The van der Waals surface area contributed by atoms with Gasteiger partial charge in [-0.2, -0.15) is 5.10 Å². The molecule has 1 aliphatic heterocycles. The lowest BCUT2D eigenvalue weighted by Crippen LogP contribution is -2.49. The van der Waals surface area contributed by atoms with Crippen LogP contribution < -0.4 is 5.32 Å². The number of aromatic nitrogens is 2. The molecule has 0 spiro atoms. The van der Waals surface area contributed by atoms with Gasteiger partial charge < -0.3 is 5.32 Å². The Kier molecular flexibility index (Phi) is 5.04. The summed E-state index contributed by atoms with van der Waals surface area (Å²) in [7, 11) is 0. The summed E-state index contributed by atoms with van der Waals surface area (Å²) in [5.74, 6) is 2.15. The van der Waals surface area contributed by atoms with Gasteiger partial charge in [0.2, 0.25) is 5.91 Å². The summed E-state index contributed by atoms with van der Waals surface area (Å²) in [6.07, 6.45) is 2.98. The fourth-order valence-corrected chi connectivity index (χ4v) is 3.25. The molecular formula is C16H28N4O. The van der Waals surface area contributed by atoms with Crippen molar-refractivity contribution in [1.82, 2.24) is 14.7 Å². The molecule has 5 heteroatoms. The summed E-state index contributed by atoms with van der Waals surface area (Å²) in [5.41, 5.74) is 0. The topological polar surface area (TPSA) is 50.2 Å². The van der Waals surface area contributed by atoms with Crippen molar-refractivity contribution in [2.24, 2.45) is 11.8 Å². The van der Waals surface area contributed by atoms with E-state index in [0.29, 0.717) is 11.8 Å². The van der Waals surface area contributed by atoms with Crippen molar-refractivity contribution in [1.29, 1.82) is 0 Å². The number of nitrogens with zero attached hydrogens (tertiary/aromatic N) is 3. The average molecular weight is 292 g/mol. The molecule has 1 aliphatic rings. The van der Waals surface area contributed by atoms with Crippen molar-refractivity contribution in [3.63, 3.8) is 0 Å². The van der Waals surface area contributed by atoms with E-state index in [1.807, 2.05) is 17.7 Å². The Morgan fingerprint density at radius 2 is 1.90 bits per heavy atom. The van der Waals surface area contributed by atoms with Crippen LogP contribution in [0, 0.1) is 11.8 Å². The molecule has 0 saturated carbocycles. The molecule has 1 aromatic heterocycles. The third kappa shape index (κ3) is 3.84. The van der Waals surface area contributed by atoms with Crippen molar-refractivity contribution >= 4 is 11.7 Å². The minimum absolute atomic E-state index is 0.0544. The molecule has 0 aliphatic carbocycles. The van der Waals surface area contributed by atoms with Crippen LogP contribution >= 0.6 is 0 Å². The van der Waals surface area contributed by atoms with Gasteiger partial charge in [-0.1, -0.05) is 13.8 Å². The Hall–Kier alpha value is -1.36. The van der Waals surface area contributed by atoms with Gasteiger partial charge in [-0.05, 0) is 39.0 Å². The van der Waals surface area contributed by atoms with Gasteiger partial charge in [-0.25, -0.2) is 4.68 Å². The Morgan fingerprint density at radius 1 is 1.29 bits per heavy atom. The molecule has 0 aromatic carbocycles. The number of hydrogen-bond donors (Lipinski definition) is 1. The zero-order valence-electron chi connectivity index (χ0n) is 13.8. The van der Waals surface area contributed by atoms with Crippen molar-refractivity contribution < 1.29 is 4.79 Å². The van der Waals surface area contributed by atoms with E-state index in [4.69, 9.17) is 0 Å². The second-order valence-corrected chi connectivity index (χ2v) is 6.82. The standard InChI is InChI=1S/C16H28N4O/c1-11(2)20-15(6-7-17-20)18-16(21)14(5)19-9-12(3)8-13(4)10-19/h6-7,11-14H,8-10H2,1-5H3,(H,18,21)/t12-,13-,14-/m1/s1. The molecule has 21 heavy (non-hydrogen) atoms. The highest BCUT2D eigenvalue weighted by molar-refractivity contribution is 5.93. The maximum Gasteiger partial charge on any atom is 0.242 e. The Morgan fingerprint density at radius 3 is 2.48 bits per heavy atom.